The third-order valence-corrected chi connectivity index (χ3v) is 4.95. The molecule has 0 aliphatic rings. The fourth-order valence-corrected chi connectivity index (χ4v) is 3.45. The average molecular weight is 440 g/mol. The van der Waals surface area contributed by atoms with E-state index < -0.39 is 94.5 Å². The van der Waals surface area contributed by atoms with Gasteiger partial charge in [0.1, 0.15) is 5.69 Å². The summed E-state index contributed by atoms with van der Waals surface area (Å²) in [4.78, 5) is 49.3. The van der Waals surface area contributed by atoms with Crippen LogP contribution in [0, 0.1) is 34.9 Å². The van der Waals surface area contributed by atoms with Gasteiger partial charge >= 0.3 is 0 Å². The zero-order valence-corrected chi connectivity index (χ0v) is 15.1. The van der Waals surface area contributed by atoms with Crippen molar-refractivity contribution >= 4 is 27.6 Å². The van der Waals surface area contributed by atoms with Gasteiger partial charge in [0, 0.05) is 7.05 Å². The summed E-state index contributed by atoms with van der Waals surface area (Å²) in [5.74, 6) is -12.0. The molecule has 0 atom stereocenters. The molecule has 0 unspecified atom stereocenters. The zero-order chi connectivity index (χ0) is 23.1. The van der Waals surface area contributed by atoms with Crippen molar-refractivity contribution in [3.8, 4) is 5.69 Å². The molecule has 0 N–H and O–H groups in total. The first-order valence-corrected chi connectivity index (χ1v) is 8.21. The molecular formula is C19H6F6N2O4. The molecule has 0 aliphatic carbocycles. The van der Waals surface area contributed by atoms with E-state index in [0.717, 1.165) is 7.05 Å². The topological polar surface area (TPSA) is 78.1 Å². The minimum Gasteiger partial charge on any atom is -0.277 e. The van der Waals surface area contributed by atoms with Crippen molar-refractivity contribution in [1.82, 2.24) is 9.13 Å². The molecule has 0 spiro atoms. The van der Waals surface area contributed by atoms with Crippen LogP contribution in [0.5, 0.6) is 0 Å². The number of benzene rings is 2. The second-order valence-corrected chi connectivity index (χ2v) is 6.47. The zero-order valence-electron chi connectivity index (χ0n) is 15.1. The van der Waals surface area contributed by atoms with Gasteiger partial charge in [0.2, 0.25) is 0 Å². The summed E-state index contributed by atoms with van der Waals surface area (Å²) in [5.41, 5.74) is -9.55. The molecule has 4 aromatic rings. The van der Waals surface area contributed by atoms with Gasteiger partial charge in [-0.3, -0.25) is 23.7 Å². The van der Waals surface area contributed by atoms with Crippen LogP contribution in [0.3, 0.4) is 0 Å². The molecule has 0 amide bonds. The molecule has 0 saturated heterocycles. The normalized spacial score (nSPS) is 11.7. The first kappa shape index (κ1) is 20.3. The highest BCUT2D eigenvalue weighted by molar-refractivity contribution is 5.99. The molecule has 2 aromatic heterocycles. The van der Waals surface area contributed by atoms with E-state index in [9.17, 15) is 45.5 Å². The van der Waals surface area contributed by atoms with E-state index in [1.165, 1.54) is 0 Å². The van der Waals surface area contributed by atoms with Crippen LogP contribution < -0.4 is 22.2 Å². The molecule has 0 bridgehead atoms. The fourth-order valence-electron chi connectivity index (χ4n) is 3.45. The van der Waals surface area contributed by atoms with E-state index in [2.05, 4.69) is 6.58 Å². The number of rotatable bonds is 2. The lowest BCUT2D eigenvalue weighted by Crippen LogP contribution is -2.27. The monoisotopic (exact) mass is 440 g/mol. The van der Waals surface area contributed by atoms with E-state index in [4.69, 9.17) is 0 Å². The fraction of sp³-hybridized carbons (Fsp3) is 0.0526. The third kappa shape index (κ3) is 2.24. The Morgan fingerprint density at radius 1 is 0.613 bits per heavy atom. The number of hydrogen-bond donors (Lipinski definition) is 0. The molecule has 0 radical (unpaired) electrons. The molecule has 0 saturated carbocycles. The van der Waals surface area contributed by atoms with Gasteiger partial charge in [-0.25, -0.2) is 30.9 Å². The third-order valence-electron chi connectivity index (χ3n) is 4.95. The standard InChI is InChI=1S/C19H6F6N2O4/c1-3-4-9(20)13(24)15(14(25)10(4)21)27-18(30)7-8(19(27)31)12(23)6-5(11(7)22)16(28)26(2)17(6)29/h3H,1H2,2H3. The number of halogens is 6. The first-order chi connectivity index (χ1) is 14.5. The second-order valence-electron chi connectivity index (χ2n) is 6.47. The lowest BCUT2D eigenvalue weighted by atomic mass is 10.1. The van der Waals surface area contributed by atoms with E-state index in [1.807, 2.05) is 0 Å². The molecule has 158 valence electrons. The summed E-state index contributed by atoms with van der Waals surface area (Å²) in [6.45, 7) is 2.98. The number of aromatic nitrogens is 2. The van der Waals surface area contributed by atoms with Crippen molar-refractivity contribution in [2.45, 2.75) is 0 Å². The Morgan fingerprint density at radius 3 is 1.32 bits per heavy atom. The molecule has 0 fully saturated rings. The van der Waals surface area contributed by atoms with E-state index >= 15 is 0 Å². The van der Waals surface area contributed by atoms with Crippen LogP contribution >= 0.6 is 0 Å². The Morgan fingerprint density at radius 2 is 0.968 bits per heavy atom. The van der Waals surface area contributed by atoms with E-state index in [-0.39, 0.29) is 0 Å². The molecule has 2 aromatic carbocycles. The number of fused-ring (bicyclic) bond motifs is 2. The second kappa shape index (κ2) is 6.27. The Hall–Kier alpha value is -3.96. The molecule has 12 heteroatoms. The van der Waals surface area contributed by atoms with Crippen LogP contribution in [-0.4, -0.2) is 9.13 Å². The molecule has 4 rings (SSSR count). The van der Waals surface area contributed by atoms with Crippen LogP contribution in [0.25, 0.3) is 33.3 Å². The lowest BCUT2D eigenvalue weighted by Gasteiger charge is -2.09. The van der Waals surface area contributed by atoms with Crippen molar-refractivity contribution in [2.75, 3.05) is 0 Å². The van der Waals surface area contributed by atoms with Crippen molar-refractivity contribution in [3.63, 3.8) is 0 Å². The summed E-state index contributed by atoms with van der Waals surface area (Å²) < 4.78 is 86.8. The Labute approximate surface area is 165 Å². The Balaban J connectivity index is 2.33. The van der Waals surface area contributed by atoms with Gasteiger partial charge < -0.3 is 0 Å². The summed E-state index contributed by atoms with van der Waals surface area (Å²) in [5, 5.41) is -5.14. The first-order valence-electron chi connectivity index (χ1n) is 8.21. The largest absolute Gasteiger partial charge is 0.277 e. The highest BCUT2D eigenvalue weighted by Gasteiger charge is 2.33. The van der Waals surface area contributed by atoms with Crippen LogP contribution in [0.2, 0.25) is 0 Å². The predicted octanol–water partition coefficient (Wildman–Crippen LogP) is 1.92. The van der Waals surface area contributed by atoms with Gasteiger partial charge in [0.15, 0.2) is 34.9 Å². The quantitative estimate of drug-likeness (QED) is 0.353. The predicted molar refractivity (Wildman–Crippen MR) is 97.0 cm³/mol. The van der Waals surface area contributed by atoms with Gasteiger partial charge in [-0.15, -0.1) is 0 Å². The molecule has 31 heavy (non-hydrogen) atoms. The molecule has 6 nitrogen and oxygen atoms in total. The summed E-state index contributed by atoms with van der Waals surface area (Å²) in [6.07, 6.45) is 0.431. The maximum absolute atomic E-state index is 14.9. The van der Waals surface area contributed by atoms with E-state index in [1.54, 1.807) is 0 Å². The maximum atomic E-state index is 14.9. The van der Waals surface area contributed by atoms with Gasteiger partial charge in [-0.2, -0.15) is 0 Å². The summed E-state index contributed by atoms with van der Waals surface area (Å²) >= 11 is 0. The van der Waals surface area contributed by atoms with Gasteiger partial charge in [-0.1, -0.05) is 12.7 Å². The average Bonchev–Trinajstić information content (AvgIpc) is 3.12. The molecular weight excluding hydrogens is 434 g/mol. The van der Waals surface area contributed by atoms with Crippen LogP contribution in [0.15, 0.2) is 25.8 Å². The summed E-state index contributed by atoms with van der Waals surface area (Å²) in [6, 6.07) is 0. The number of hydrogen-bond acceptors (Lipinski definition) is 4. The van der Waals surface area contributed by atoms with Crippen LogP contribution in [-0.2, 0) is 7.05 Å². The van der Waals surface area contributed by atoms with Gasteiger partial charge in [0.25, 0.3) is 22.2 Å². The minimum atomic E-state index is -2.21. The van der Waals surface area contributed by atoms with Crippen molar-refractivity contribution < 1.29 is 26.3 Å². The highest BCUT2D eigenvalue weighted by atomic mass is 19.2. The van der Waals surface area contributed by atoms with Crippen molar-refractivity contribution in [1.29, 1.82) is 0 Å². The molecule has 2 heterocycles. The maximum Gasteiger partial charge on any atom is 0.269 e. The summed E-state index contributed by atoms with van der Waals surface area (Å²) in [7, 11) is 0.891. The lowest BCUT2D eigenvalue weighted by molar-refractivity contribution is 0.444. The van der Waals surface area contributed by atoms with E-state index in [0.29, 0.717) is 10.6 Å². The van der Waals surface area contributed by atoms with Crippen molar-refractivity contribution in [3.05, 3.63) is 88.5 Å². The Bertz CT molecular complexity index is 1590. The van der Waals surface area contributed by atoms with Crippen LogP contribution in [0.4, 0.5) is 26.3 Å². The smallest absolute Gasteiger partial charge is 0.269 e. The highest BCUT2D eigenvalue weighted by Crippen LogP contribution is 2.29. The minimum absolute atomic E-state index is 0.330. The van der Waals surface area contributed by atoms with Gasteiger partial charge in [0.05, 0.1) is 27.1 Å². The molecule has 0 aliphatic heterocycles. The Kier molecular flexibility index (Phi) is 4.11. The van der Waals surface area contributed by atoms with Crippen LogP contribution in [0.1, 0.15) is 5.56 Å². The van der Waals surface area contributed by atoms with Gasteiger partial charge in [-0.05, 0) is 0 Å². The van der Waals surface area contributed by atoms with Crippen molar-refractivity contribution in [2.24, 2.45) is 7.05 Å². The number of nitrogens with zero attached hydrogens (tertiary/aromatic N) is 2. The SMILES string of the molecule is C=Cc1c(F)c(F)c(-n2c(=O)c3c(F)c4c(=O)n(C)c(=O)c4c(F)c3c2=O)c(F)c1F.